The van der Waals surface area contributed by atoms with Crippen LogP contribution in [0.3, 0.4) is 0 Å². The number of rotatable bonds is 1. The molecule has 0 amide bonds. The van der Waals surface area contributed by atoms with Crippen LogP contribution in [0.5, 0.6) is 0 Å². The van der Waals surface area contributed by atoms with Crippen molar-refractivity contribution in [1.82, 2.24) is 19.9 Å². The van der Waals surface area contributed by atoms with Crippen LogP contribution in [0.2, 0.25) is 0 Å². The van der Waals surface area contributed by atoms with Gasteiger partial charge in [-0.2, -0.15) is 0 Å². The SMILES string of the molecule is Cc1c(-c2cncnc2)[nH]cnc1=S. The van der Waals surface area contributed by atoms with E-state index in [9.17, 15) is 0 Å². The van der Waals surface area contributed by atoms with E-state index in [4.69, 9.17) is 12.2 Å². The number of aromatic nitrogens is 4. The molecule has 4 nitrogen and oxygen atoms in total. The van der Waals surface area contributed by atoms with Crippen LogP contribution in [0, 0.1) is 11.6 Å². The molecule has 0 bridgehead atoms. The Balaban J connectivity index is 2.64. The summed E-state index contributed by atoms with van der Waals surface area (Å²) in [6.45, 7) is 1.92. The van der Waals surface area contributed by atoms with E-state index >= 15 is 0 Å². The van der Waals surface area contributed by atoms with Gasteiger partial charge in [0.15, 0.2) is 0 Å². The highest BCUT2D eigenvalue weighted by atomic mass is 32.1. The van der Waals surface area contributed by atoms with Gasteiger partial charge in [-0.05, 0) is 6.92 Å². The number of nitrogens with one attached hydrogen (secondary N) is 1. The molecule has 0 unspecified atom stereocenters. The fourth-order valence-corrected chi connectivity index (χ4v) is 1.35. The Morgan fingerprint density at radius 1 is 1.29 bits per heavy atom. The summed E-state index contributed by atoms with van der Waals surface area (Å²) >= 11 is 5.07. The third-order valence-electron chi connectivity index (χ3n) is 1.94. The first-order valence-corrected chi connectivity index (χ1v) is 4.49. The molecule has 1 N–H and O–H groups in total. The molecule has 0 aliphatic heterocycles. The molecule has 2 rings (SSSR count). The van der Waals surface area contributed by atoms with Gasteiger partial charge in [0, 0.05) is 23.5 Å². The first-order valence-electron chi connectivity index (χ1n) is 4.08. The lowest BCUT2D eigenvalue weighted by Gasteiger charge is -2.03. The summed E-state index contributed by atoms with van der Waals surface area (Å²) in [5.74, 6) is 0. The molecule has 0 aliphatic rings. The Labute approximate surface area is 86.1 Å². The van der Waals surface area contributed by atoms with E-state index in [1.54, 1.807) is 18.7 Å². The molecule has 2 aromatic rings. The average molecular weight is 204 g/mol. The van der Waals surface area contributed by atoms with Crippen molar-refractivity contribution in [3.8, 4) is 11.3 Å². The Bertz CT molecular complexity index is 492. The number of hydrogen-bond acceptors (Lipinski definition) is 4. The Morgan fingerprint density at radius 3 is 2.71 bits per heavy atom. The van der Waals surface area contributed by atoms with Crippen LogP contribution >= 0.6 is 12.2 Å². The molecule has 14 heavy (non-hydrogen) atoms. The molecule has 0 radical (unpaired) electrons. The standard InChI is InChI=1S/C9H8N4S/c1-6-8(12-5-13-9(6)14)7-2-10-4-11-3-7/h2-5H,1H3,(H,12,13,14). The van der Waals surface area contributed by atoms with E-state index in [-0.39, 0.29) is 0 Å². The van der Waals surface area contributed by atoms with E-state index in [0.717, 1.165) is 16.8 Å². The highest BCUT2D eigenvalue weighted by Crippen LogP contribution is 2.17. The van der Waals surface area contributed by atoms with Crippen LogP contribution < -0.4 is 0 Å². The molecule has 70 valence electrons. The average Bonchev–Trinajstić information content (AvgIpc) is 2.23. The molecule has 0 saturated heterocycles. The molecule has 0 aliphatic carbocycles. The van der Waals surface area contributed by atoms with Crippen molar-refractivity contribution in [2.75, 3.05) is 0 Å². The summed E-state index contributed by atoms with van der Waals surface area (Å²) in [5.41, 5.74) is 2.78. The zero-order valence-electron chi connectivity index (χ0n) is 7.56. The van der Waals surface area contributed by atoms with Crippen molar-refractivity contribution in [3.63, 3.8) is 0 Å². The highest BCUT2D eigenvalue weighted by Gasteiger charge is 2.03. The molecule has 2 aromatic heterocycles. The third kappa shape index (κ3) is 1.54. The van der Waals surface area contributed by atoms with Gasteiger partial charge in [-0.25, -0.2) is 15.0 Å². The quantitative estimate of drug-likeness (QED) is 0.721. The van der Waals surface area contributed by atoms with Crippen molar-refractivity contribution in [3.05, 3.63) is 35.3 Å². The van der Waals surface area contributed by atoms with Crippen LogP contribution in [0.15, 0.2) is 25.0 Å². The van der Waals surface area contributed by atoms with Gasteiger partial charge < -0.3 is 4.98 Å². The van der Waals surface area contributed by atoms with Gasteiger partial charge in [-0.1, -0.05) is 12.2 Å². The monoisotopic (exact) mass is 204 g/mol. The fraction of sp³-hybridized carbons (Fsp3) is 0.111. The van der Waals surface area contributed by atoms with Gasteiger partial charge in [0.1, 0.15) is 11.0 Å². The fourth-order valence-electron chi connectivity index (χ4n) is 1.20. The summed E-state index contributed by atoms with van der Waals surface area (Å²) < 4.78 is 0.600. The van der Waals surface area contributed by atoms with E-state index < -0.39 is 0 Å². The lowest BCUT2D eigenvalue weighted by Crippen LogP contribution is -1.92. The second-order valence-electron chi connectivity index (χ2n) is 2.83. The predicted molar refractivity (Wildman–Crippen MR) is 55.2 cm³/mol. The topological polar surface area (TPSA) is 54.5 Å². The Hall–Kier alpha value is -1.62. The molecular formula is C9H8N4S. The normalized spacial score (nSPS) is 10.1. The number of hydrogen-bond donors (Lipinski definition) is 1. The second-order valence-corrected chi connectivity index (χ2v) is 3.22. The lowest BCUT2D eigenvalue weighted by molar-refractivity contribution is 1.10. The largest absolute Gasteiger partial charge is 0.345 e. The van der Waals surface area contributed by atoms with Gasteiger partial charge in [-0.3, -0.25) is 0 Å². The smallest absolute Gasteiger partial charge is 0.132 e. The minimum Gasteiger partial charge on any atom is -0.345 e. The molecule has 0 saturated carbocycles. The maximum atomic E-state index is 5.07. The van der Waals surface area contributed by atoms with E-state index in [1.165, 1.54) is 6.33 Å². The minimum absolute atomic E-state index is 0.600. The number of nitrogens with zero attached hydrogens (tertiary/aromatic N) is 3. The number of aromatic amines is 1. The molecular weight excluding hydrogens is 196 g/mol. The summed E-state index contributed by atoms with van der Waals surface area (Å²) in [4.78, 5) is 14.9. The summed E-state index contributed by atoms with van der Waals surface area (Å²) in [6, 6.07) is 0. The van der Waals surface area contributed by atoms with Crippen molar-refractivity contribution in [2.24, 2.45) is 0 Å². The first-order chi connectivity index (χ1) is 6.79. The van der Waals surface area contributed by atoms with Crippen LogP contribution in [-0.4, -0.2) is 19.9 Å². The second kappa shape index (κ2) is 3.63. The van der Waals surface area contributed by atoms with E-state index in [0.29, 0.717) is 4.64 Å². The third-order valence-corrected chi connectivity index (χ3v) is 2.35. The van der Waals surface area contributed by atoms with Crippen LogP contribution in [0.25, 0.3) is 11.3 Å². The van der Waals surface area contributed by atoms with Gasteiger partial charge in [0.05, 0.1) is 12.0 Å². The zero-order valence-corrected chi connectivity index (χ0v) is 8.38. The van der Waals surface area contributed by atoms with Gasteiger partial charge >= 0.3 is 0 Å². The number of H-pyrrole nitrogens is 1. The Morgan fingerprint density at radius 2 is 2.00 bits per heavy atom. The molecule has 2 heterocycles. The van der Waals surface area contributed by atoms with Crippen LogP contribution in [0.4, 0.5) is 0 Å². The van der Waals surface area contributed by atoms with Crippen molar-refractivity contribution in [1.29, 1.82) is 0 Å². The zero-order chi connectivity index (χ0) is 9.97. The summed E-state index contributed by atoms with van der Waals surface area (Å²) in [7, 11) is 0. The van der Waals surface area contributed by atoms with E-state index in [1.807, 2.05) is 6.92 Å². The van der Waals surface area contributed by atoms with Crippen LogP contribution in [-0.2, 0) is 0 Å². The molecule has 0 fully saturated rings. The minimum atomic E-state index is 0.600. The van der Waals surface area contributed by atoms with Gasteiger partial charge in [0.25, 0.3) is 0 Å². The maximum absolute atomic E-state index is 5.07. The molecule has 0 aromatic carbocycles. The van der Waals surface area contributed by atoms with Crippen LogP contribution in [0.1, 0.15) is 5.56 Å². The van der Waals surface area contributed by atoms with E-state index in [2.05, 4.69) is 19.9 Å². The summed E-state index contributed by atoms with van der Waals surface area (Å²) in [5, 5.41) is 0. The molecule has 5 heteroatoms. The lowest BCUT2D eigenvalue weighted by atomic mass is 10.1. The molecule has 0 atom stereocenters. The maximum Gasteiger partial charge on any atom is 0.132 e. The van der Waals surface area contributed by atoms with Crippen molar-refractivity contribution < 1.29 is 0 Å². The predicted octanol–water partition coefficient (Wildman–Crippen LogP) is 1.90. The van der Waals surface area contributed by atoms with Gasteiger partial charge in [0.2, 0.25) is 0 Å². The first kappa shape index (κ1) is 8.96. The van der Waals surface area contributed by atoms with Crippen molar-refractivity contribution in [2.45, 2.75) is 6.92 Å². The summed E-state index contributed by atoms with van der Waals surface area (Å²) in [6.07, 6.45) is 6.55. The van der Waals surface area contributed by atoms with Crippen molar-refractivity contribution >= 4 is 12.2 Å². The van der Waals surface area contributed by atoms with Gasteiger partial charge in [-0.15, -0.1) is 0 Å². The molecule has 0 spiro atoms. The Kier molecular flexibility index (Phi) is 2.32. The highest BCUT2D eigenvalue weighted by molar-refractivity contribution is 7.71.